The van der Waals surface area contributed by atoms with Crippen LogP contribution in [-0.2, 0) is 13.0 Å². The van der Waals surface area contributed by atoms with E-state index in [0.29, 0.717) is 11.1 Å². The molecule has 0 amide bonds. The Labute approximate surface area is 129 Å². The van der Waals surface area contributed by atoms with Gasteiger partial charge in [-0.2, -0.15) is 0 Å². The Bertz CT molecular complexity index is 610. The fourth-order valence-corrected chi connectivity index (χ4v) is 3.34. The number of halogens is 2. The van der Waals surface area contributed by atoms with E-state index in [-0.39, 0.29) is 0 Å². The first-order chi connectivity index (χ1) is 9.74. The molecule has 0 fully saturated rings. The van der Waals surface area contributed by atoms with Crippen LogP contribution < -0.4 is 5.32 Å². The van der Waals surface area contributed by atoms with Crippen molar-refractivity contribution in [1.29, 1.82) is 0 Å². The lowest BCUT2D eigenvalue weighted by Gasteiger charge is -2.26. The zero-order chi connectivity index (χ0) is 13.9. The number of aryl methyl sites for hydroxylation is 1. The molecule has 2 aromatic rings. The van der Waals surface area contributed by atoms with Crippen LogP contribution in [0.2, 0.25) is 10.0 Å². The zero-order valence-electron chi connectivity index (χ0n) is 11.2. The van der Waals surface area contributed by atoms with E-state index >= 15 is 0 Å². The molecule has 0 heterocycles. The molecule has 0 aliphatic heterocycles. The van der Waals surface area contributed by atoms with Crippen LogP contribution in [0, 0.1) is 0 Å². The zero-order valence-corrected chi connectivity index (χ0v) is 12.7. The van der Waals surface area contributed by atoms with Gasteiger partial charge >= 0.3 is 0 Å². The first-order valence-corrected chi connectivity index (χ1v) is 7.75. The summed E-state index contributed by atoms with van der Waals surface area (Å²) < 4.78 is 0. The van der Waals surface area contributed by atoms with E-state index in [4.69, 9.17) is 23.2 Å². The molecule has 2 aromatic carbocycles. The third-order valence-electron chi connectivity index (χ3n) is 3.92. The molecule has 1 atom stereocenters. The predicted octanol–water partition coefficient (Wildman–Crippen LogP) is 5.16. The lowest BCUT2D eigenvalue weighted by Crippen LogP contribution is -2.24. The molecule has 1 aliphatic rings. The normalized spacial score (nSPS) is 17.8. The number of nitrogens with one attached hydrogen (secondary N) is 1. The Kier molecular flexibility index (Phi) is 4.30. The van der Waals surface area contributed by atoms with Crippen molar-refractivity contribution in [2.24, 2.45) is 0 Å². The molecule has 1 nitrogen and oxygen atoms in total. The number of fused-ring (bicyclic) bond motifs is 1. The highest BCUT2D eigenvalue weighted by molar-refractivity contribution is 6.35. The van der Waals surface area contributed by atoms with E-state index in [9.17, 15) is 0 Å². The first kappa shape index (κ1) is 13.9. The van der Waals surface area contributed by atoms with E-state index in [1.54, 1.807) is 6.07 Å². The topological polar surface area (TPSA) is 12.0 Å². The summed E-state index contributed by atoms with van der Waals surface area (Å²) in [6, 6.07) is 14.8. The average Bonchev–Trinajstić information content (AvgIpc) is 2.46. The molecular weight excluding hydrogens is 289 g/mol. The summed E-state index contributed by atoms with van der Waals surface area (Å²) in [7, 11) is 0. The summed E-state index contributed by atoms with van der Waals surface area (Å²) >= 11 is 12.2. The minimum atomic E-state index is 0.423. The highest BCUT2D eigenvalue weighted by atomic mass is 35.5. The van der Waals surface area contributed by atoms with Crippen molar-refractivity contribution in [2.75, 3.05) is 0 Å². The van der Waals surface area contributed by atoms with Crippen LogP contribution in [0.4, 0.5) is 0 Å². The number of rotatable bonds is 3. The molecule has 20 heavy (non-hydrogen) atoms. The summed E-state index contributed by atoms with van der Waals surface area (Å²) in [5.74, 6) is 0. The Morgan fingerprint density at radius 3 is 2.80 bits per heavy atom. The van der Waals surface area contributed by atoms with E-state index < -0.39 is 0 Å². The van der Waals surface area contributed by atoms with Crippen LogP contribution in [0.1, 0.15) is 35.6 Å². The molecule has 0 aromatic heterocycles. The van der Waals surface area contributed by atoms with Gasteiger partial charge in [-0.1, -0.05) is 53.5 Å². The van der Waals surface area contributed by atoms with Crippen LogP contribution in [-0.4, -0.2) is 0 Å². The SMILES string of the molecule is Clc1ccc(CN[C@@H]2CCCc3ccccc32)c(Cl)c1. The smallest absolute Gasteiger partial charge is 0.0465 e. The second kappa shape index (κ2) is 6.17. The molecule has 104 valence electrons. The van der Waals surface area contributed by atoms with Gasteiger partial charge in [-0.25, -0.2) is 0 Å². The number of hydrogen-bond acceptors (Lipinski definition) is 1. The lowest BCUT2D eigenvalue weighted by atomic mass is 9.87. The van der Waals surface area contributed by atoms with Gasteiger partial charge in [0.2, 0.25) is 0 Å². The van der Waals surface area contributed by atoms with Gasteiger partial charge in [0.25, 0.3) is 0 Å². The first-order valence-electron chi connectivity index (χ1n) is 6.99. The fraction of sp³-hybridized carbons (Fsp3) is 0.294. The third-order valence-corrected chi connectivity index (χ3v) is 4.51. The van der Waals surface area contributed by atoms with Gasteiger partial charge < -0.3 is 5.32 Å². The molecule has 0 bridgehead atoms. The Hall–Kier alpha value is -1.02. The van der Waals surface area contributed by atoms with Gasteiger partial charge in [-0.15, -0.1) is 0 Å². The Morgan fingerprint density at radius 1 is 1.10 bits per heavy atom. The van der Waals surface area contributed by atoms with E-state index in [1.165, 1.54) is 30.4 Å². The third kappa shape index (κ3) is 3.01. The van der Waals surface area contributed by atoms with Crippen molar-refractivity contribution in [3.05, 3.63) is 69.2 Å². The minimum absolute atomic E-state index is 0.423. The lowest BCUT2D eigenvalue weighted by molar-refractivity contribution is 0.459. The molecular formula is C17H17Cl2N. The monoisotopic (exact) mass is 305 g/mol. The van der Waals surface area contributed by atoms with Crippen LogP contribution in [0.5, 0.6) is 0 Å². The van der Waals surface area contributed by atoms with Crippen molar-refractivity contribution >= 4 is 23.2 Å². The highest BCUT2D eigenvalue weighted by Gasteiger charge is 2.19. The van der Waals surface area contributed by atoms with Crippen molar-refractivity contribution < 1.29 is 0 Å². The molecule has 0 unspecified atom stereocenters. The molecule has 3 rings (SSSR count). The standard InChI is InChI=1S/C17H17Cl2N/c18-14-9-8-13(16(19)10-14)11-20-17-7-3-5-12-4-1-2-6-15(12)17/h1-2,4,6,8-10,17,20H,3,5,7,11H2/t17-/m1/s1. The van der Waals surface area contributed by atoms with Gasteiger partial charge in [0.15, 0.2) is 0 Å². The molecule has 0 saturated heterocycles. The summed E-state index contributed by atoms with van der Waals surface area (Å²) in [6.07, 6.45) is 3.61. The highest BCUT2D eigenvalue weighted by Crippen LogP contribution is 2.30. The Balaban J connectivity index is 1.73. The Morgan fingerprint density at radius 2 is 1.95 bits per heavy atom. The fourth-order valence-electron chi connectivity index (χ4n) is 2.86. The minimum Gasteiger partial charge on any atom is -0.306 e. The van der Waals surface area contributed by atoms with Gasteiger partial charge in [0.05, 0.1) is 0 Å². The largest absolute Gasteiger partial charge is 0.306 e. The molecule has 1 N–H and O–H groups in total. The van der Waals surface area contributed by atoms with Gasteiger partial charge in [0.1, 0.15) is 0 Å². The second-order valence-electron chi connectivity index (χ2n) is 5.26. The molecule has 0 radical (unpaired) electrons. The summed E-state index contributed by atoms with van der Waals surface area (Å²) in [4.78, 5) is 0. The number of benzene rings is 2. The van der Waals surface area contributed by atoms with Crippen LogP contribution in [0.25, 0.3) is 0 Å². The van der Waals surface area contributed by atoms with E-state index in [1.807, 2.05) is 12.1 Å². The predicted molar refractivity (Wildman–Crippen MR) is 85.4 cm³/mol. The summed E-state index contributed by atoms with van der Waals surface area (Å²) in [5, 5.41) is 5.04. The maximum absolute atomic E-state index is 6.22. The van der Waals surface area contributed by atoms with Crippen molar-refractivity contribution in [3.8, 4) is 0 Å². The van der Waals surface area contributed by atoms with Crippen molar-refractivity contribution in [1.82, 2.24) is 5.32 Å². The molecule has 3 heteroatoms. The average molecular weight is 306 g/mol. The van der Waals surface area contributed by atoms with Gasteiger partial charge in [-0.05, 0) is 48.1 Å². The van der Waals surface area contributed by atoms with Crippen LogP contribution in [0.15, 0.2) is 42.5 Å². The second-order valence-corrected chi connectivity index (χ2v) is 6.10. The van der Waals surface area contributed by atoms with Gasteiger partial charge in [0, 0.05) is 22.6 Å². The molecule has 0 saturated carbocycles. The van der Waals surface area contributed by atoms with Crippen LogP contribution in [0.3, 0.4) is 0 Å². The van der Waals surface area contributed by atoms with E-state index in [2.05, 4.69) is 29.6 Å². The van der Waals surface area contributed by atoms with E-state index in [0.717, 1.165) is 17.1 Å². The maximum Gasteiger partial charge on any atom is 0.0465 e. The number of hydrogen-bond donors (Lipinski definition) is 1. The maximum atomic E-state index is 6.22. The summed E-state index contributed by atoms with van der Waals surface area (Å²) in [5.41, 5.74) is 4.00. The molecule has 0 spiro atoms. The summed E-state index contributed by atoms with van der Waals surface area (Å²) in [6.45, 7) is 0.773. The quantitative estimate of drug-likeness (QED) is 0.826. The van der Waals surface area contributed by atoms with Gasteiger partial charge in [-0.3, -0.25) is 0 Å². The van der Waals surface area contributed by atoms with Crippen molar-refractivity contribution in [2.45, 2.75) is 31.8 Å². The molecule has 1 aliphatic carbocycles. The van der Waals surface area contributed by atoms with Crippen LogP contribution >= 0.6 is 23.2 Å². The van der Waals surface area contributed by atoms with Crippen molar-refractivity contribution in [3.63, 3.8) is 0 Å².